The van der Waals surface area contributed by atoms with Crippen LogP contribution in [0.3, 0.4) is 0 Å². The first-order valence-electron chi connectivity index (χ1n) is 5.54. The second kappa shape index (κ2) is 7.94. The minimum atomic E-state index is 0.0595. The van der Waals surface area contributed by atoms with Gasteiger partial charge in [0.1, 0.15) is 0 Å². The SMILES string of the molecule is CCSc1nnc(SCC(=O)N[C@@H](C)CC)s1. The number of thioether (sulfide) groups is 2. The summed E-state index contributed by atoms with van der Waals surface area (Å²) in [6.45, 7) is 6.14. The summed E-state index contributed by atoms with van der Waals surface area (Å²) in [4.78, 5) is 11.5. The van der Waals surface area contributed by atoms with E-state index in [-0.39, 0.29) is 11.9 Å². The van der Waals surface area contributed by atoms with Crippen LogP contribution < -0.4 is 5.32 Å². The predicted molar refractivity (Wildman–Crippen MR) is 74.9 cm³/mol. The first-order chi connectivity index (χ1) is 8.15. The third-order valence-corrected chi connectivity index (χ3v) is 5.07. The summed E-state index contributed by atoms with van der Waals surface area (Å²) in [7, 11) is 0. The van der Waals surface area contributed by atoms with E-state index in [0.29, 0.717) is 5.75 Å². The van der Waals surface area contributed by atoms with Crippen molar-refractivity contribution >= 4 is 40.8 Å². The van der Waals surface area contributed by atoms with Crippen LogP contribution in [-0.2, 0) is 4.79 Å². The van der Waals surface area contributed by atoms with Crippen molar-refractivity contribution in [3.63, 3.8) is 0 Å². The molecule has 96 valence electrons. The molecular formula is C10H17N3OS3. The van der Waals surface area contributed by atoms with Gasteiger partial charge in [0.05, 0.1) is 5.75 Å². The third kappa shape index (κ3) is 5.74. The summed E-state index contributed by atoms with van der Waals surface area (Å²) < 4.78 is 1.83. The third-order valence-electron chi connectivity index (χ3n) is 2.00. The van der Waals surface area contributed by atoms with E-state index in [1.807, 2.05) is 6.92 Å². The Labute approximate surface area is 114 Å². The molecule has 0 radical (unpaired) electrons. The minimum absolute atomic E-state index is 0.0595. The van der Waals surface area contributed by atoms with Crippen molar-refractivity contribution in [2.24, 2.45) is 0 Å². The fourth-order valence-corrected chi connectivity index (χ4v) is 3.71. The highest BCUT2D eigenvalue weighted by Gasteiger charge is 2.09. The van der Waals surface area contributed by atoms with Crippen LogP contribution in [0.1, 0.15) is 27.2 Å². The Bertz CT molecular complexity index is 356. The number of rotatable bonds is 7. The number of carbonyl (C=O) groups is 1. The minimum Gasteiger partial charge on any atom is -0.353 e. The van der Waals surface area contributed by atoms with E-state index in [1.54, 1.807) is 23.1 Å². The average Bonchev–Trinajstić information content (AvgIpc) is 2.74. The lowest BCUT2D eigenvalue weighted by Gasteiger charge is -2.09. The highest BCUT2D eigenvalue weighted by molar-refractivity contribution is 8.03. The van der Waals surface area contributed by atoms with Gasteiger partial charge in [-0.15, -0.1) is 10.2 Å². The zero-order chi connectivity index (χ0) is 12.7. The van der Waals surface area contributed by atoms with Gasteiger partial charge in [0.2, 0.25) is 5.91 Å². The zero-order valence-electron chi connectivity index (χ0n) is 10.2. The molecule has 0 fully saturated rings. The van der Waals surface area contributed by atoms with Gasteiger partial charge in [-0.25, -0.2) is 0 Å². The molecule has 0 saturated heterocycles. The molecule has 1 aromatic rings. The van der Waals surface area contributed by atoms with E-state index >= 15 is 0 Å². The van der Waals surface area contributed by atoms with E-state index < -0.39 is 0 Å². The number of carbonyl (C=O) groups excluding carboxylic acids is 1. The summed E-state index contributed by atoms with van der Waals surface area (Å²) in [6, 6.07) is 0.240. The molecule has 0 aliphatic rings. The van der Waals surface area contributed by atoms with Crippen molar-refractivity contribution in [2.75, 3.05) is 11.5 Å². The summed E-state index contributed by atoms with van der Waals surface area (Å²) >= 11 is 4.67. The molecule has 1 rings (SSSR count). The largest absolute Gasteiger partial charge is 0.353 e. The van der Waals surface area contributed by atoms with Crippen LogP contribution in [-0.4, -0.2) is 33.7 Å². The summed E-state index contributed by atoms with van der Waals surface area (Å²) in [5, 5.41) is 11.0. The Kier molecular flexibility index (Phi) is 6.91. The second-order valence-electron chi connectivity index (χ2n) is 3.43. The van der Waals surface area contributed by atoms with E-state index in [0.717, 1.165) is 20.9 Å². The maximum atomic E-state index is 11.5. The number of nitrogens with one attached hydrogen (secondary N) is 1. The summed E-state index contributed by atoms with van der Waals surface area (Å²) in [6.07, 6.45) is 0.951. The van der Waals surface area contributed by atoms with Crippen molar-refractivity contribution in [1.29, 1.82) is 0 Å². The van der Waals surface area contributed by atoms with Gasteiger partial charge in [-0.3, -0.25) is 4.79 Å². The fraction of sp³-hybridized carbons (Fsp3) is 0.700. The van der Waals surface area contributed by atoms with Gasteiger partial charge in [-0.1, -0.05) is 48.7 Å². The fourth-order valence-electron chi connectivity index (χ4n) is 0.983. The molecule has 0 unspecified atom stereocenters. The van der Waals surface area contributed by atoms with Gasteiger partial charge in [0, 0.05) is 6.04 Å². The molecule has 4 nitrogen and oxygen atoms in total. The first kappa shape index (κ1) is 14.8. The molecule has 1 atom stereocenters. The number of hydrogen-bond acceptors (Lipinski definition) is 6. The molecule has 1 amide bonds. The molecule has 7 heteroatoms. The smallest absolute Gasteiger partial charge is 0.230 e. The van der Waals surface area contributed by atoms with Gasteiger partial charge in [0.15, 0.2) is 8.68 Å². The van der Waals surface area contributed by atoms with Gasteiger partial charge in [-0.2, -0.15) is 0 Å². The predicted octanol–water partition coefficient (Wildman–Crippen LogP) is 2.66. The van der Waals surface area contributed by atoms with Crippen LogP contribution in [0.5, 0.6) is 0 Å². The van der Waals surface area contributed by atoms with Gasteiger partial charge >= 0.3 is 0 Å². The lowest BCUT2D eigenvalue weighted by molar-refractivity contribution is -0.119. The Morgan fingerprint density at radius 2 is 2.00 bits per heavy atom. The lowest BCUT2D eigenvalue weighted by atomic mass is 10.3. The van der Waals surface area contributed by atoms with Crippen molar-refractivity contribution in [2.45, 2.75) is 41.9 Å². The number of nitrogens with zero attached hydrogens (tertiary/aromatic N) is 2. The monoisotopic (exact) mass is 291 g/mol. The second-order valence-corrected chi connectivity index (χ2v) is 7.14. The van der Waals surface area contributed by atoms with E-state index in [4.69, 9.17) is 0 Å². The standard InChI is InChI=1S/C10H17N3OS3/c1-4-7(3)11-8(14)6-16-10-13-12-9(17-10)15-5-2/h7H,4-6H2,1-3H3,(H,11,14)/t7-/m0/s1. The van der Waals surface area contributed by atoms with Crippen molar-refractivity contribution in [3.05, 3.63) is 0 Å². The van der Waals surface area contributed by atoms with Gasteiger partial charge in [0.25, 0.3) is 0 Å². The van der Waals surface area contributed by atoms with E-state index in [1.165, 1.54) is 11.8 Å². The number of aromatic nitrogens is 2. The van der Waals surface area contributed by atoms with E-state index in [2.05, 4.69) is 29.4 Å². The maximum Gasteiger partial charge on any atom is 0.230 e. The molecule has 0 spiro atoms. The highest BCUT2D eigenvalue weighted by Crippen LogP contribution is 2.28. The quantitative estimate of drug-likeness (QED) is 0.783. The van der Waals surface area contributed by atoms with Crippen molar-refractivity contribution < 1.29 is 4.79 Å². The van der Waals surface area contributed by atoms with Crippen LogP contribution in [0.4, 0.5) is 0 Å². The molecule has 0 aliphatic heterocycles. The molecule has 0 aliphatic carbocycles. The highest BCUT2D eigenvalue weighted by atomic mass is 32.2. The molecule has 1 heterocycles. The zero-order valence-corrected chi connectivity index (χ0v) is 12.7. The van der Waals surface area contributed by atoms with Gasteiger partial charge < -0.3 is 5.32 Å². The molecule has 0 aromatic carbocycles. The van der Waals surface area contributed by atoms with Crippen LogP contribution in [0, 0.1) is 0 Å². The molecule has 0 saturated carbocycles. The van der Waals surface area contributed by atoms with Crippen molar-refractivity contribution in [1.82, 2.24) is 15.5 Å². The molecule has 17 heavy (non-hydrogen) atoms. The van der Waals surface area contributed by atoms with Gasteiger partial charge in [-0.05, 0) is 19.1 Å². The van der Waals surface area contributed by atoms with Crippen LogP contribution in [0.15, 0.2) is 8.68 Å². The topological polar surface area (TPSA) is 54.9 Å². The van der Waals surface area contributed by atoms with Crippen molar-refractivity contribution in [3.8, 4) is 0 Å². The van der Waals surface area contributed by atoms with Crippen LogP contribution >= 0.6 is 34.9 Å². The first-order valence-corrected chi connectivity index (χ1v) is 8.32. The Balaban J connectivity index is 2.31. The summed E-state index contributed by atoms with van der Waals surface area (Å²) in [5.74, 6) is 1.47. The normalized spacial score (nSPS) is 12.4. The van der Waals surface area contributed by atoms with E-state index in [9.17, 15) is 4.79 Å². The Hall–Kier alpha value is -0.270. The molecule has 1 aromatic heterocycles. The Morgan fingerprint density at radius 1 is 1.35 bits per heavy atom. The maximum absolute atomic E-state index is 11.5. The lowest BCUT2D eigenvalue weighted by Crippen LogP contribution is -2.33. The molecule has 1 N–H and O–H groups in total. The van der Waals surface area contributed by atoms with Crippen LogP contribution in [0.25, 0.3) is 0 Å². The average molecular weight is 291 g/mol. The van der Waals surface area contributed by atoms with Crippen LogP contribution in [0.2, 0.25) is 0 Å². The summed E-state index contributed by atoms with van der Waals surface area (Å²) in [5.41, 5.74) is 0. The number of amides is 1. The molecule has 0 bridgehead atoms. The Morgan fingerprint density at radius 3 is 2.59 bits per heavy atom. The molecular weight excluding hydrogens is 274 g/mol. The number of hydrogen-bond donors (Lipinski definition) is 1.